The molecular weight excluding hydrogens is 268 g/mol. The van der Waals surface area contributed by atoms with Crippen LogP contribution in [-0.2, 0) is 0 Å². The van der Waals surface area contributed by atoms with Gasteiger partial charge in [-0.15, -0.1) is 0 Å². The number of aromatic carboxylic acids is 1. The van der Waals surface area contributed by atoms with Crippen LogP contribution in [0.2, 0.25) is 0 Å². The van der Waals surface area contributed by atoms with E-state index in [9.17, 15) is 15.0 Å². The number of carboxylic acids is 1. The van der Waals surface area contributed by atoms with Gasteiger partial charge in [0.15, 0.2) is 0 Å². The highest BCUT2D eigenvalue weighted by molar-refractivity contribution is 6.06. The van der Waals surface area contributed by atoms with Crippen molar-refractivity contribution in [2.75, 3.05) is 18.0 Å². The van der Waals surface area contributed by atoms with Crippen LogP contribution < -0.4 is 4.90 Å². The number of aromatic nitrogens is 1. The zero-order chi connectivity index (χ0) is 15.0. The summed E-state index contributed by atoms with van der Waals surface area (Å²) in [6, 6.07) is 7.38. The Morgan fingerprint density at radius 1 is 1.33 bits per heavy atom. The van der Waals surface area contributed by atoms with Crippen molar-refractivity contribution >= 4 is 22.6 Å². The number of carbonyl (C=O) groups is 1. The molecule has 0 amide bonds. The summed E-state index contributed by atoms with van der Waals surface area (Å²) in [4.78, 5) is 17.7. The first-order valence-electron chi connectivity index (χ1n) is 7.12. The van der Waals surface area contributed by atoms with Crippen LogP contribution >= 0.6 is 0 Å². The second kappa shape index (κ2) is 5.33. The standard InChI is InChI=1S/C16H18N2O3/c1-10-6-7-18(9-14(10)19)15-12-5-3-2-4-11(12)13(8-17-15)16(20)21/h2-5,8,10,14,19H,6-7,9H2,1H3,(H,20,21). The lowest BCUT2D eigenvalue weighted by atomic mass is 9.95. The smallest absolute Gasteiger partial charge is 0.337 e. The van der Waals surface area contributed by atoms with Crippen molar-refractivity contribution in [1.29, 1.82) is 0 Å². The predicted molar refractivity (Wildman–Crippen MR) is 80.7 cm³/mol. The van der Waals surface area contributed by atoms with E-state index in [4.69, 9.17) is 0 Å². The van der Waals surface area contributed by atoms with Crippen molar-refractivity contribution in [2.24, 2.45) is 5.92 Å². The van der Waals surface area contributed by atoms with Gasteiger partial charge in [0.25, 0.3) is 0 Å². The number of anilines is 1. The molecule has 5 heteroatoms. The Balaban J connectivity index is 2.08. The van der Waals surface area contributed by atoms with Gasteiger partial charge in [-0.05, 0) is 12.3 Å². The fraction of sp³-hybridized carbons (Fsp3) is 0.375. The highest BCUT2D eigenvalue weighted by Gasteiger charge is 2.26. The third kappa shape index (κ3) is 2.45. The molecule has 0 bridgehead atoms. The van der Waals surface area contributed by atoms with Gasteiger partial charge < -0.3 is 15.1 Å². The largest absolute Gasteiger partial charge is 0.478 e. The van der Waals surface area contributed by atoms with Gasteiger partial charge in [-0.3, -0.25) is 0 Å². The molecule has 1 aliphatic heterocycles. The number of benzene rings is 1. The molecule has 0 spiro atoms. The molecule has 1 aromatic heterocycles. The van der Waals surface area contributed by atoms with Crippen LogP contribution in [0.15, 0.2) is 30.5 Å². The molecule has 2 heterocycles. The van der Waals surface area contributed by atoms with Crippen molar-refractivity contribution in [2.45, 2.75) is 19.4 Å². The third-order valence-corrected chi connectivity index (χ3v) is 4.22. The Kier molecular flexibility index (Phi) is 3.51. The van der Waals surface area contributed by atoms with E-state index in [1.165, 1.54) is 6.20 Å². The summed E-state index contributed by atoms with van der Waals surface area (Å²) in [5.74, 6) is 0.0601. The minimum atomic E-state index is -0.974. The average Bonchev–Trinajstić information content (AvgIpc) is 2.49. The monoisotopic (exact) mass is 286 g/mol. The average molecular weight is 286 g/mol. The van der Waals surface area contributed by atoms with Crippen molar-refractivity contribution < 1.29 is 15.0 Å². The number of piperidine rings is 1. The summed E-state index contributed by atoms with van der Waals surface area (Å²) in [6.07, 6.45) is 1.93. The maximum absolute atomic E-state index is 11.3. The van der Waals surface area contributed by atoms with Crippen molar-refractivity contribution in [1.82, 2.24) is 4.98 Å². The molecule has 0 aliphatic carbocycles. The normalized spacial score (nSPS) is 22.5. The molecule has 1 aromatic carbocycles. The number of fused-ring (bicyclic) bond motifs is 1. The van der Waals surface area contributed by atoms with E-state index in [1.54, 1.807) is 6.07 Å². The molecule has 1 saturated heterocycles. The lowest BCUT2D eigenvalue weighted by molar-refractivity contribution is 0.0698. The van der Waals surface area contributed by atoms with Gasteiger partial charge in [0.05, 0.1) is 11.7 Å². The number of carboxylic acid groups (broad SMARTS) is 1. The zero-order valence-corrected chi connectivity index (χ0v) is 11.9. The van der Waals surface area contributed by atoms with Crippen LogP contribution in [-0.4, -0.2) is 40.4 Å². The van der Waals surface area contributed by atoms with E-state index >= 15 is 0 Å². The third-order valence-electron chi connectivity index (χ3n) is 4.22. The first-order valence-corrected chi connectivity index (χ1v) is 7.12. The lowest BCUT2D eigenvalue weighted by Gasteiger charge is -2.35. The molecule has 2 atom stereocenters. The van der Waals surface area contributed by atoms with Crippen LogP contribution in [0.1, 0.15) is 23.7 Å². The van der Waals surface area contributed by atoms with Gasteiger partial charge in [0, 0.05) is 30.1 Å². The van der Waals surface area contributed by atoms with Crippen molar-refractivity contribution in [3.63, 3.8) is 0 Å². The molecule has 2 unspecified atom stereocenters. The van der Waals surface area contributed by atoms with Crippen LogP contribution in [0, 0.1) is 5.92 Å². The maximum Gasteiger partial charge on any atom is 0.337 e. The number of pyridine rings is 1. The summed E-state index contributed by atoms with van der Waals surface area (Å²) < 4.78 is 0. The number of hydrogen-bond donors (Lipinski definition) is 2. The fourth-order valence-electron chi connectivity index (χ4n) is 2.84. The van der Waals surface area contributed by atoms with Crippen LogP contribution in [0.5, 0.6) is 0 Å². The molecule has 2 N–H and O–H groups in total. The maximum atomic E-state index is 11.3. The van der Waals surface area contributed by atoms with Gasteiger partial charge in [0.1, 0.15) is 5.82 Å². The lowest BCUT2D eigenvalue weighted by Crippen LogP contribution is -2.43. The SMILES string of the molecule is CC1CCN(c2ncc(C(=O)O)c3ccccc23)CC1O. The summed E-state index contributed by atoms with van der Waals surface area (Å²) >= 11 is 0. The Morgan fingerprint density at radius 3 is 2.71 bits per heavy atom. The molecule has 5 nitrogen and oxygen atoms in total. The highest BCUT2D eigenvalue weighted by atomic mass is 16.4. The number of β-amino-alcohol motifs (C(OH)–C–C–N with tert-alkyl or cyclic N) is 1. The van der Waals surface area contributed by atoms with Gasteiger partial charge in [-0.2, -0.15) is 0 Å². The van der Waals surface area contributed by atoms with E-state index in [2.05, 4.69) is 4.98 Å². The quantitative estimate of drug-likeness (QED) is 0.885. The second-order valence-electron chi connectivity index (χ2n) is 5.63. The minimum absolute atomic E-state index is 0.209. The molecule has 2 aromatic rings. The molecular formula is C16H18N2O3. The van der Waals surface area contributed by atoms with Gasteiger partial charge in [-0.1, -0.05) is 31.2 Å². The molecule has 110 valence electrons. The first-order chi connectivity index (χ1) is 10.1. The Morgan fingerprint density at radius 2 is 2.05 bits per heavy atom. The van der Waals surface area contributed by atoms with E-state index in [0.717, 1.165) is 24.2 Å². The van der Waals surface area contributed by atoms with E-state index < -0.39 is 5.97 Å². The van der Waals surface area contributed by atoms with Crippen LogP contribution in [0.4, 0.5) is 5.82 Å². The van der Waals surface area contributed by atoms with E-state index in [0.29, 0.717) is 11.9 Å². The Hall–Kier alpha value is -2.14. The number of aliphatic hydroxyl groups is 1. The van der Waals surface area contributed by atoms with Gasteiger partial charge in [-0.25, -0.2) is 9.78 Å². The van der Waals surface area contributed by atoms with E-state index in [1.807, 2.05) is 30.0 Å². The number of hydrogen-bond acceptors (Lipinski definition) is 4. The highest BCUT2D eigenvalue weighted by Crippen LogP contribution is 2.30. The topological polar surface area (TPSA) is 73.7 Å². The number of rotatable bonds is 2. The zero-order valence-electron chi connectivity index (χ0n) is 11.9. The molecule has 1 fully saturated rings. The van der Waals surface area contributed by atoms with E-state index in [-0.39, 0.29) is 17.6 Å². The van der Waals surface area contributed by atoms with Gasteiger partial charge >= 0.3 is 5.97 Å². The summed E-state index contributed by atoms with van der Waals surface area (Å²) in [5, 5.41) is 20.8. The Bertz CT molecular complexity index is 686. The van der Waals surface area contributed by atoms with Crippen molar-refractivity contribution in [3.8, 4) is 0 Å². The number of aliphatic hydroxyl groups excluding tert-OH is 1. The molecule has 0 saturated carbocycles. The summed E-state index contributed by atoms with van der Waals surface area (Å²) in [6.45, 7) is 3.40. The predicted octanol–water partition coefficient (Wildman–Crippen LogP) is 2.14. The van der Waals surface area contributed by atoms with Gasteiger partial charge in [0.2, 0.25) is 0 Å². The fourth-order valence-corrected chi connectivity index (χ4v) is 2.84. The minimum Gasteiger partial charge on any atom is -0.478 e. The molecule has 21 heavy (non-hydrogen) atoms. The first kappa shape index (κ1) is 13.8. The molecule has 0 radical (unpaired) electrons. The van der Waals surface area contributed by atoms with Crippen molar-refractivity contribution in [3.05, 3.63) is 36.0 Å². The van der Waals surface area contributed by atoms with Crippen LogP contribution in [0.3, 0.4) is 0 Å². The molecule has 1 aliphatic rings. The molecule has 3 rings (SSSR count). The Labute approximate surface area is 122 Å². The summed E-state index contributed by atoms with van der Waals surface area (Å²) in [7, 11) is 0. The van der Waals surface area contributed by atoms with Crippen LogP contribution in [0.25, 0.3) is 10.8 Å². The number of nitrogens with zero attached hydrogens (tertiary/aromatic N) is 2. The second-order valence-corrected chi connectivity index (χ2v) is 5.63. The summed E-state index contributed by atoms with van der Waals surface area (Å²) in [5.41, 5.74) is 0.209.